The van der Waals surface area contributed by atoms with E-state index in [2.05, 4.69) is 13.8 Å². The van der Waals surface area contributed by atoms with E-state index in [1.165, 1.54) is 0 Å². The Bertz CT molecular complexity index is 352. The zero-order chi connectivity index (χ0) is 13.0. The van der Waals surface area contributed by atoms with Crippen molar-refractivity contribution >= 4 is 0 Å². The maximum atomic E-state index is 9.61. The molecule has 0 spiro atoms. The summed E-state index contributed by atoms with van der Waals surface area (Å²) in [7, 11) is 0. The lowest BCUT2D eigenvalue weighted by Gasteiger charge is -2.36. The van der Waals surface area contributed by atoms with Crippen LogP contribution in [0.15, 0.2) is 30.3 Å². The van der Waals surface area contributed by atoms with Crippen LogP contribution in [0.4, 0.5) is 0 Å². The highest BCUT2D eigenvalue weighted by Gasteiger charge is 2.32. The lowest BCUT2D eigenvalue weighted by molar-refractivity contribution is -0.209. The summed E-state index contributed by atoms with van der Waals surface area (Å²) < 4.78 is 11.2. The van der Waals surface area contributed by atoms with Crippen molar-refractivity contribution in [2.45, 2.75) is 39.3 Å². The fourth-order valence-corrected chi connectivity index (χ4v) is 2.34. The molecule has 1 aliphatic rings. The molecular formula is C15H22O3. The van der Waals surface area contributed by atoms with E-state index in [0.717, 1.165) is 12.0 Å². The van der Waals surface area contributed by atoms with Crippen molar-refractivity contribution in [1.82, 2.24) is 0 Å². The van der Waals surface area contributed by atoms with Crippen LogP contribution >= 0.6 is 0 Å². The largest absolute Gasteiger partial charge is 0.374 e. The predicted octanol–water partition coefficient (Wildman–Crippen LogP) is 2.58. The van der Waals surface area contributed by atoms with E-state index in [-0.39, 0.29) is 6.10 Å². The Kier molecular flexibility index (Phi) is 4.75. The van der Waals surface area contributed by atoms with Gasteiger partial charge in [-0.05, 0) is 17.4 Å². The molecule has 3 nitrogen and oxygen atoms in total. The molecule has 18 heavy (non-hydrogen) atoms. The maximum absolute atomic E-state index is 9.61. The smallest absolute Gasteiger partial charge is 0.155 e. The van der Waals surface area contributed by atoms with E-state index in [0.29, 0.717) is 25.0 Å². The third-order valence-corrected chi connectivity index (χ3v) is 3.78. The Morgan fingerprint density at radius 2 is 2.00 bits per heavy atom. The minimum Gasteiger partial charge on any atom is -0.374 e. The van der Waals surface area contributed by atoms with Gasteiger partial charge < -0.3 is 14.6 Å². The summed E-state index contributed by atoms with van der Waals surface area (Å²) >= 11 is 0. The van der Waals surface area contributed by atoms with Crippen LogP contribution in [0.25, 0.3) is 0 Å². The van der Waals surface area contributed by atoms with Gasteiger partial charge in [-0.15, -0.1) is 0 Å². The molecule has 0 saturated carbocycles. The minimum absolute atomic E-state index is 0.00698. The van der Waals surface area contributed by atoms with Crippen molar-refractivity contribution in [3.63, 3.8) is 0 Å². The maximum Gasteiger partial charge on any atom is 0.155 e. The number of hydrogen-bond acceptors (Lipinski definition) is 3. The first kappa shape index (κ1) is 13.5. The fraction of sp³-hybridized carbons (Fsp3) is 0.600. The summed E-state index contributed by atoms with van der Waals surface area (Å²) in [6.07, 6.45) is 0.0741. The molecule has 1 fully saturated rings. The lowest BCUT2D eigenvalue weighted by atomic mass is 9.86. The first-order valence-electron chi connectivity index (χ1n) is 6.62. The summed E-state index contributed by atoms with van der Waals surface area (Å²) in [4.78, 5) is 0. The molecule has 1 heterocycles. The molecule has 1 N–H and O–H groups in total. The number of benzene rings is 1. The van der Waals surface area contributed by atoms with Crippen LogP contribution in [0.1, 0.15) is 25.8 Å². The number of aliphatic hydroxyl groups is 1. The molecule has 0 aliphatic carbocycles. The highest BCUT2D eigenvalue weighted by atomic mass is 16.6. The molecule has 0 bridgehead atoms. The first-order chi connectivity index (χ1) is 8.66. The highest BCUT2D eigenvalue weighted by Crippen LogP contribution is 2.29. The van der Waals surface area contributed by atoms with E-state index in [1.54, 1.807) is 0 Å². The van der Waals surface area contributed by atoms with Crippen molar-refractivity contribution in [3.8, 4) is 0 Å². The molecule has 4 atom stereocenters. The van der Waals surface area contributed by atoms with Crippen LogP contribution < -0.4 is 0 Å². The molecule has 4 unspecified atom stereocenters. The van der Waals surface area contributed by atoms with Gasteiger partial charge in [-0.3, -0.25) is 0 Å². The molecule has 0 amide bonds. The van der Waals surface area contributed by atoms with E-state index in [9.17, 15) is 5.11 Å². The second-order valence-electron chi connectivity index (χ2n) is 5.20. The van der Waals surface area contributed by atoms with E-state index in [4.69, 9.17) is 9.47 Å². The molecule has 1 saturated heterocycles. The Labute approximate surface area is 109 Å². The average Bonchev–Trinajstić information content (AvgIpc) is 2.36. The van der Waals surface area contributed by atoms with Crippen LogP contribution in [-0.2, 0) is 16.1 Å². The van der Waals surface area contributed by atoms with Gasteiger partial charge in [0, 0.05) is 6.42 Å². The number of rotatable bonds is 4. The third-order valence-electron chi connectivity index (χ3n) is 3.78. The molecule has 0 radical (unpaired) electrons. The Hall–Kier alpha value is -0.900. The quantitative estimate of drug-likeness (QED) is 0.892. The fourth-order valence-electron chi connectivity index (χ4n) is 2.34. The zero-order valence-electron chi connectivity index (χ0n) is 11.1. The van der Waals surface area contributed by atoms with Gasteiger partial charge in [-0.1, -0.05) is 44.2 Å². The molecule has 3 heteroatoms. The molecular weight excluding hydrogens is 228 g/mol. The van der Waals surface area contributed by atoms with E-state index in [1.807, 2.05) is 30.3 Å². The van der Waals surface area contributed by atoms with Gasteiger partial charge in [0.1, 0.15) is 0 Å². The monoisotopic (exact) mass is 250 g/mol. The lowest BCUT2D eigenvalue weighted by Crippen LogP contribution is -2.41. The average molecular weight is 250 g/mol. The standard InChI is InChI=1S/C15H22O3/c1-11-8-15(16)18-14(12(11)2)10-17-9-13-6-4-3-5-7-13/h3-7,11-12,14-16H,8-10H2,1-2H3. The summed E-state index contributed by atoms with van der Waals surface area (Å²) in [5.41, 5.74) is 1.16. The van der Waals surface area contributed by atoms with Crippen LogP contribution in [-0.4, -0.2) is 24.1 Å². The summed E-state index contributed by atoms with van der Waals surface area (Å²) in [6.45, 7) is 5.45. The predicted molar refractivity (Wildman–Crippen MR) is 69.9 cm³/mol. The Balaban J connectivity index is 1.79. The SMILES string of the molecule is CC1CC(O)OC(COCc2ccccc2)C1C. The second-order valence-corrected chi connectivity index (χ2v) is 5.20. The van der Waals surface area contributed by atoms with Crippen LogP contribution in [0.2, 0.25) is 0 Å². The van der Waals surface area contributed by atoms with Gasteiger partial charge in [0.25, 0.3) is 0 Å². The number of hydrogen-bond donors (Lipinski definition) is 1. The van der Waals surface area contributed by atoms with Crippen molar-refractivity contribution < 1.29 is 14.6 Å². The summed E-state index contributed by atoms with van der Waals surface area (Å²) in [5, 5.41) is 9.61. The topological polar surface area (TPSA) is 38.7 Å². The second kappa shape index (κ2) is 6.32. The van der Waals surface area contributed by atoms with Gasteiger partial charge in [0.15, 0.2) is 6.29 Å². The van der Waals surface area contributed by atoms with Gasteiger partial charge >= 0.3 is 0 Å². The summed E-state index contributed by atoms with van der Waals surface area (Å²) in [5.74, 6) is 0.892. The molecule has 2 rings (SSSR count). The Morgan fingerprint density at radius 1 is 1.28 bits per heavy atom. The van der Waals surface area contributed by atoms with Crippen LogP contribution in [0, 0.1) is 11.8 Å². The van der Waals surface area contributed by atoms with Crippen LogP contribution in [0.3, 0.4) is 0 Å². The summed E-state index contributed by atoms with van der Waals surface area (Å²) in [6, 6.07) is 10.1. The van der Waals surface area contributed by atoms with Crippen molar-refractivity contribution in [1.29, 1.82) is 0 Å². The van der Waals surface area contributed by atoms with Gasteiger partial charge in [-0.2, -0.15) is 0 Å². The molecule has 1 aromatic rings. The number of aliphatic hydroxyl groups excluding tert-OH is 1. The van der Waals surface area contributed by atoms with E-state index >= 15 is 0 Å². The van der Waals surface area contributed by atoms with Gasteiger partial charge in [0.05, 0.1) is 19.3 Å². The third kappa shape index (κ3) is 3.55. The molecule has 100 valence electrons. The molecule has 0 aromatic heterocycles. The Morgan fingerprint density at radius 3 is 2.72 bits per heavy atom. The first-order valence-corrected chi connectivity index (χ1v) is 6.62. The minimum atomic E-state index is -0.637. The van der Waals surface area contributed by atoms with Crippen LogP contribution in [0.5, 0.6) is 0 Å². The normalized spacial score (nSPS) is 32.4. The zero-order valence-corrected chi connectivity index (χ0v) is 11.1. The number of ether oxygens (including phenoxy) is 2. The van der Waals surface area contributed by atoms with Gasteiger partial charge in [-0.25, -0.2) is 0 Å². The van der Waals surface area contributed by atoms with Crippen molar-refractivity contribution in [2.24, 2.45) is 11.8 Å². The van der Waals surface area contributed by atoms with Gasteiger partial charge in [0.2, 0.25) is 0 Å². The van der Waals surface area contributed by atoms with E-state index < -0.39 is 6.29 Å². The van der Waals surface area contributed by atoms with Crippen molar-refractivity contribution in [2.75, 3.05) is 6.61 Å². The molecule has 1 aliphatic heterocycles. The molecule has 1 aromatic carbocycles. The highest BCUT2D eigenvalue weighted by molar-refractivity contribution is 5.13. The van der Waals surface area contributed by atoms with Crippen molar-refractivity contribution in [3.05, 3.63) is 35.9 Å².